The second kappa shape index (κ2) is 9.19. The smallest absolute Gasteiger partial charge is 0.255 e. The largest absolute Gasteiger partial charge is 0.457 e. The minimum absolute atomic E-state index is 0.123. The van der Waals surface area contributed by atoms with E-state index in [0.717, 1.165) is 23.3 Å². The van der Waals surface area contributed by atoms with Crippen molar-refractivity contribution >= 4 is 29.1 Å². The van der Waals surface area contributed by atoms with Gasteiger partial charge < -0.3 is 10.1 Å². The van der Waals surface area contributed by atoms with E-state index in [9.17, 15) is 14.4 Å². The van der Waals surface area contributed by atoms with Crippen LogP contribution in [0.1, 0.15) is 47.7 Å². The number of nitrogens with zero attached hydrogens (tertiary/aromatic N) is 1. The standard InChI is InChI=1S/C34H32N2O4/c1-18(2)24-12-7-19(3)15-29(24)40-23-10-8-21(9-11-23)35-32(37)20-5-4-6-22(16-20)36-33(38)30-25-13-14-26(28-17-27(25)28)31(30)34(36)39/h4-16,18,25-28,30-31H,17H2,1-3H3,(H,35,37)/t25-,26+,27-,28-,30+,31-/m1/s1. The first kappa shape index (κ1) is 24.8. The number of carbonyl (C=O) groups is 3. The summed E-state index contributed by atoms with van der Waals surface area (Å²) in [6.07, 6.45) is 5.46. The zero-order valence-electron chi connectivity index (χ0n) is 22.8. The van der Waals surface area contributed by atoms with Crippen LogP contribution in [-0.4, -0.2) is 17.7 Å². The highest BCUT2D eigenvalue weighted by atomic mass is 16.5. The Morgan fingerprint density at radius 3 is 2.23 bits per heavy atom. The molecule has 6 atom stereocenters. The first-order valence-electron chi connectivity index (χ1n) is 14.2. The molecule has 202 valence electrons. The van der Waals surface area contributed by atoms with E-state index < -0.39 is 0 Å². The second-order valence-electron chi connectivity index (χ2n) is 12.0. The Kier molecular flexibility index (Phi) is 5.70. The summed E-state index contributed by atoms with van der Waals surface area (Å²) in [6, 6.07) is 20.3. The molecular weight excluding hydrogens is 500 g/mol. The monoisotopic (exact) mass is 532 g/mol. The number of nitrogens with one attached hydrogen (secondary N) is 1. The maximum atomic E-state index is 13.5. The quantitative estimate of drug-likeness (QED) is 0.282. The van der Waals surface area contributed by atoms with Gasteiger partial charge in [0.2, 0.25) is 11.8 Å². The van der Waals surface area contributed by atoms with E-state index in [1.165, 1.54) is 4.90 Å². The molecule has 0 spiro atoms. The van der Waals surface area contributed by atoms with Gasteiger partial charge in [0.05, 0.1) is 17.5 Å². The van der Waals surface area contributed by atoms with Crippen LogP contribution < -0.4 is 15.0 Å². The van der Waals surface area contributed by atoms with Crippen LogP contribution in [0.2, 0.25) is 0 Å². The lowest BCUT2D eigenvalue weighted by Crippen LogP contribution is -2.40. The third kappa shape index (κ3) is 3.96. The van der Waals surface area contributed by atoms with Crippen LogP contribution in [-0.2, 0) is 9.59 Å². The zero-order valence-corrected chi connectivity index (χ0v) is 22.8. The van der Waals surface area contributed by atoms with Crippen molar-refractivity contribution in [3.63, 3.8) is 0 Å². The molecule has 3 amide bonds. The van der Waals surface area contributed by atoms with Gasteiger partial charge in [0.25, 0.3) is 5.91 Å². The predicted molar refractivity (Wildman–Crippen MR) is 153 cm³/mol. The fraction of sp³-hybridized carbons (Fsp3) is 0.324. The van der Waals surface area contributed by atoms with Crippen molar-refractivity contribution in [2.24, 2.45) is 35.5 Å². The lowest BCUT2D eigenvalue weighted by Gasteiger charge is -2.37. The number of allylic oxidation sites excluding steroid dienone is 2. The lowest BCUT2D eigenvalue weighted by molar-refractivity contribution is -0.124. The average Bonchev–Trinajstić information content (AvgIpc) is 3.72. The summed E-state index contributed by atoms with van der Waals surface area (Å²) in [4.78, 5) is 41.4. The van der Waals surface area contributed by atoms with Gasteiger partial charge in [0.15, 0.2) is 0 Å². The molecule has 3 fully saturated rings. The molecule has 1 aliphatic heterocycles. The number of rotatable bonds is 6. The Bertz CT molecular complexity index is 1540. The topological polar surface area (TPSA) is 75.7 Å². The van der Waals surface area contributed by atoms with Crippen molar-refractivity contribution in [1.29, 1.82) is 0 Å². The van der Waals surface area contributed by atoms with Crippen LogP contribution in [0.5, 0.6) is 11.5 Å². The fourth-order valence-corrected chi connectivity index (χ4v) is 7.14. The summed E-state index contributed by atoms with van der Waals surface area (Å²) in [5.74, 6) is 2.20. The third-order valence-corrected chi connectivity index (χ3v) is 9.16. The number of ether oxygens (including phenoxy) is 1. The van der Waals surface area contributed by atoms with Crippen molar-refractivity contribution in [3.8, 4) is 11.5 Å². The molecule has 2 bridgehead atoms. The van der Waals surface area contributed by atoms with Gasteiger partial charge >= 0.3 is 0 Å². The van der Waals surface area contributed by atoms with Crippen molar-refractivity contribution in [3.05, 3.63) is 95.6 Å². The van der Waals surface area contributed by atoms with Crippen LogP contribution in [0, 0.1) is 42.4 Å². The lowest BCUT2D eigenvalue weighted by atomic mass is 9.63. The molecule has 1 N–H and O–H groups in total. The molecule has 6 nitrogen and oxygen atoms in total. The van der Waals surface area contributed by atoms with E-state index in [0.29, 0.717) is 40.4 Å². The average molecular weight is 533 g/mol. The molecule has 2 saturated carbocycles. The van der Waals surface area contributed by atoms with Gasteiger partial charge in [-0.2, -0.15) is 0 Å². The summed E-state index contributed by atoms with van der Waals surface area (Å²) in [6.45, 7) is 6.31. The predicted octanol–water partition coefficient (Wildman–Crippen LogP) is 6.72. The van der Waals surface area contributed by atoms with Crippen LogP contribution in [0.3, 0.4) is 0 Å². The molecular formula is C34H32N2O4. The third-order valence-electron chi connectivity index (χ3n) is 9.16. The normalized spacial score (nSPS) is 27.6. The number of amides is 3. The second-order valence-corrected chi connectivity index (χ2v) is 12.0. The fourth-order valence-electron chi connectivity index (χ4n) is 7.14. The Hall–Kier alpha value is -4.19. The highest BCUT2D eigenvalue weighted by molar-refractivity contribution is 6.23. The molecule has 5 aliphatic rings. The molecule has 0 unspecified atom stereocenters. The van der Waals surface area contributed by atoms with Crippen LogP contribution in [0.25, 0.3) is 0 Å². The number of benzene rings is 3. The molecule has 1 heterocycles. The number of anilines is 2. The Balaban J connectivity index is 1.06. The van der Waals surface area contributed by atoms with E-state index in [4.69, 9.17) is 4.74 Å². The number of hydrogen-bond donors (Lipinski definition) is 1. The van der Waals surface area contributed by atoms with Gasteiger partial charge in [-0.3, -0.25) is 14.4 Å². The van der Waals surface area contributed by atoms with Crippen molar-refractivity contribution in [1.82, 2.24) is 0 Å². The maximum absolute atomic E-state index is 13.5. The van der Waals surface area contributed by atoms with Crippen molar-refractivity contribution in [2.45, 2.75) is 33.1 Å². The van der Waals surface area contributed by atoms with Gasteiger partial charge in [-0.25, -0.2) is 4.90 Å². The van der Waals surface area contributed by atoms with Gasteiger partial charge in [-0.05, 0) is 103 Å². The van der Waals surface area contributed by atoms with Gasteiger partial charge in [-0.1, -0.05) is 44.2 Å². The van der Waals surface area contributed by atoms with Gasteiger partial charge in [0, 0.05) is 11.3 Å². The molecule has 0 radical (unpaired) electrons. The molecule has 4 aliphatic carbocycles. The molecule has 3 aromatic rings. The summed E-state index contributed by atoms with van der Waals surface area (Å²) in [5, 5.41) is 2.92. The Labute approximate surface area is 234 Å². The summed E-state index contributed by atoms with van der Waals surface area (Å²) >= 11 is 0. The van der Waals surface area contributed by atoms with Crippen LogP contribution in [0.15, 0.2) is 78.9 Å². The summed E-state index contributed by atoms with van der Waals surface area (Å²) < 4.78 is 6.17. The van der Waals surface area contributed by atoms with E-state index in [1.807, 2.05) is 25.1 Å². The molecule has 6 heteroatoms. The first-order chi connectivity index (χ1) is 19.3. The number of aryl methyl sites for hydroxylation is 1. The minimum atomic E-state index is -0.309. The minimum Gasteiger partial charge on any atom is -0.457 e. The highest BCUT2D eigenvalue weighted by Crippen LogP contribution is 2.65. The molecule has 40 heavy (non-hydrogen) atoms. The summed E-state index contributed by atoms with van der Waals surface area (Å²) in [5.41, 5.74) is 3.74. The molecule has 3 aromatic carbocycles. The Morgan fingerprint density at radius 1 is 0.900 bits per heavy atom. The number of imide groups is 1. The summed E-state index contributed by atoms with van der Waals surface area (Å²) in [7, 11) is 0. The highest BCUT2D eigenvalue weighted by Gasteiger charge is 2.67. The first-order valence-corrected chi connectivity index (χ1v) is 14.2. The van der Waals surface area contributed by atoms with E-state index in [-0.39, 0.29) is 41.4 Å². The van der Waals surface area contributed by atoms with E-state index in [1.54, 1.807) is 36.4 Å². The molecule has 1 saturated heterocycles. The van der Waals surface area contributed by atoms with Gasteiger partial charge in [0.1, 0.15) is 11.5 Å². The molecule has 8 rings (SSSR count). The zero-order chi connectivity index (χ0) is 27.7. The Morgan fingerprint density at radius 2 is 1.57 bits per heavy atom. The molecule has 0 aromatic heterocycles. The van der Waals surface area contributed by atoms with Crippen LogP contribution in [0.4, 0.5) is 11.4 Å². The van der Waals surface area contributed by atoms with Crippen molar-refractivity contribution < 1.29 is 19.1 Å². The van der Waals surface area contributed by atoms with E-state index in [2.05, 4.69) is 43.4 Å². The van der Waals surface area contributed by atoms with Crippen molar-refractivity contribution in [2.75, 3.05) is 10.2 Å². The SMILES string of the molecule is Cc1ccc(C(C)C)c(Oc2ccc(NC(=O)c3cccc(N4C(=O)[C@@H]5[C@H]6C=C[C@H]([C@H]7C[C@H]67)[C@@H]5C4=O)c3)cc2)c1. The number of carbonyl (C=O) groups excluding carboxylic acids is 3. The van der Waals surface area contributed by atoms with E-state index >= 15 is 0 Å². The van der Waals surface area contributed by atoms with Crippen LogP contribution >= 0.6 is 0 Å². The number of hydrogen-bond acceptors (Lipinski definition) is 4. The van der Waals surface area contributed by atoms with Gasteiger partial charge in [-0.15, -0.1) is 0 Å². The maximum Gasteiger partial charge on any atom is 0.255 e.